The third-order valence-corrected chi connectivity index (χ3v) is 11.6. The summed E-state index contributed by atoms with van der Waals surface area (Å²) in [6.07, 6.45) is 8.06. The molecule has 0 amide bonds. The first-order chi connectivity index (χ1) is 19.2. The summed E-state index contributed by atoms with van der Waals surface area (Å²) in [5.41, 5.74) is -2.32. The second-order valence-corrected chi connectivity index (χ2v) is 14.5. The van der Waals surface area contributed by atoms with Crippen molar-refractivity contribution in [1.29, 1.82) is 0 Å². The molecule has 41 heavy (non-hydrogen) atoms. The molecule has 230 valence electrons. The highest BCUT2D eigenvalue weighted by Gasteiger charge is 2.84. The zero-order valence-electron chi connectivity index (χ0n) is 26.0. The second kappa shape index (κ2) is 10.7. The highest BCUT2D eigenvalue weighted by molar-refractivity contribution is 5.68. The van der Waals surface area contributed by atoms with E-state index in [-0.39, 0.29) is 30.5 Å². The van der Waals surface area contributed by atoms with Gasteiger partial charge in [-0.15, -0.1) is 0 Å². The lowest BCUT2D eigenvalue weighted by molar-refractivity contribution is -0.243. The molecule has 0 aromatic heterocycles. The number of fused-ring (bicyclic) bond motifs is 3. The van der Waals surface area contributed by atoms with Crippen molar-refractivity contribution >= 4 is 17.9 Å². The van der Waals surface area contributed by atoms with E-state index in [0.717, 1.165) is 24.8 Å². The SMILES string of the molecule is CC(=O)OC[C@]12CC[C@H](OC(C)=O)C[C@]1(O)[C@@H](OC(C)=O)C=C1[C@@H]3CC[C@H]([C@H](C)CCCC(C)C)[C@@]3(C)C[C@@H]3O[C@@]132. The molecule has 4 aliphatic carbocycles. The van der Waals surface area contributed by atoms with Gasteiger partial charge in [-0.05, 0) is 72.8 Å². The predicted molar refractivity (Wildman–Crippen MR) is 151 cm³/mol. The van der Waals surface area contributed by atoms with Gasteiger partial charge in [0.15, 0.2) is 0 Å². The maximum Gasteiger partial charge on any atom is 0.303 e. The molecule has 0 aromatic carbocycles. The van der Waals surface area contributed by atoms with Crippen LogP contribution in [-0.2, 0) is 33.3 Å². The molecule has 0 bridgehead atoms. The van der Waals surface area contributed by atoms with Crippen molar-refractivity contribution in [1.82, 2.24) is 0 Å². The van der Waals surface area contributed by atoms with Gasteiger partial charge in [0.25, 0.3) is 0 Å². The fourth-order valence-electron chi connectivity index (χ4n) is 9.92. The van der Waals surface area contributed by atoms with Gasteiger partial charge < -0.3 is 24.1 Å². The molecule has 8 heteroatoms. The quantitative estimate of drug-likeness (QED) is 0.171. The first-order valence-electron chi connectivity index (χ1n) is 15.8. The molecule has 10 atom stereocenters. The monoisotopic (exact) mass is 574 g/mol. The van der Waals surface area contributed by atoms with E-state index >= 15 is 0 Å². The van der Waals surface area contributed by atoms with Crippen molar-refractivity contribution in [3.8, 4) is 0 Å². The lowest BCUT2D eigenvalue weighted by Crippen LogP contribution is -2.72. The molecule has 5 aliphatic rings. The van der Waals surface area contributed by atoms with Crippen LogP contribution < -0.4 is 0 Å². The zero-order valence-corrected chi connectivity index (χ0v) is 26.0. The summed E-state index contributed by atoms with van der Waals surface area (Å²) in [4.78, 5) is 36.5. The number of rotatable bonds is 9. The second-order valence-electron chi connectivity index (χ2n) is 14.5. The Bertz CT molecular complexity index is 1100. The van der Waals surface area contributed by atoms with E-state index < -0.39 is 46.7 Å². The van der Waals surface area contributed by atoms with E-state index in [2.05, 4.69) is 27.7 Å². The van der Waals surface area contributed by atoms with Crippen LogP contribution in [0.4, 0.5) is 0 Å². The first kappa shape index (κ1) is 30.5. The maximum absolute atomic E-state index is 12.7. The minimum absolute atomic E-state index is 0.0293. The molecule has 0 aromatic rings. The number of hydrogen-bond acceptors (Lipinski definition) is 8. The molecular formula is C33H50O8. The molecule has 0 radical (unpaired) electrons. The van der Waals surface area contributed by atoms with Crippen LogP contribution in [0.1, 0.15) is 106 Å². The minimum Gasteiger partial charge on any atom is -0.465 e. The normalized spacial score (nSPS) is 43.0. The smallest absolute Gasteiger partial charge is 0.303 e. The minimum atomic E-state index is -1.64. The summed E-state index contributed by atoms with van der Waals surface area (Å²) in [5, 5.41) is 12.7. The third-order valence-electron chi connectivity index (χ3n) is 11.6. The van der Waals surface area contributed by atoms with Gasteiger partial charge in [-0.25, -0.2) is 0 Å². The Balaban J connectivity index is 1.56. The standard InChI is InChI=1S/C33H50O8/c1-19(2)9-8-10-20(3)25-11-12-26-27-15-28(40-23(6)36)32(37)16-24(39-22(5)35)13-14-31(32,18-38-21(4)34)33(27)29(41-33)17-30(25,26)7/h15,19-20,24-26,28-29,37H,8-14,16-18H2,1-7H3/t20-,24+,25-,26+,28+,29+,30-,31-,32+,33+/m1/s1. The van der Waals surface area contributed by atoms with Gasteiger partial charge in [-0.2, -0.15) is 0 Å². The zero-order chi connectivity index (χ0) is 30.0. The lowest BCUT2D eigenvalue weighted by atomic mass is 9.44. The molecule has 3 saturated carbocycles. The number of carbonyl (C=O) groups is 3. The summed E-state index contributed by atoms with van der Waals surface area (Å²) in [6.45, 7) is 13.4. The van der Waals surface area contributed by atoms with Gasteiger partial charge >= 0.3 is 17.9 Å². The molecule has 1 heterocycles. The van der Waals surface area contributed by atoms with E-state index in [1.165, 1.54) is 40.0 Å². The Hall–Kier alpha value is -1.93. The maximum atomic E-state index is 12.7. The highest BCUT2D eigenvalue weighted by atomic mass is 16.6. The topological polar surface area (TPSA) is 112 Å². The Morgan fingerprint density at radius 1 is 1.00 bits per heavy atom. The van der Waals surface area contributed by atoms with Crippen molar-refractivity contribution in [2.75, 3.05) is 6.61 Å². The van der Waals surface area contributed by atoms with Crippen LogP contribution >= 0.6 is 0 Å². The van der Waals surface area contributed by atoms with Gasteiger partial charge in [-0.3, -0.25) is 14.4 Å². The van der Waals surface area contributed by atoms with Crippen LogP contribution in [-0.4, -0.2) is 59.1 Å². The Labute approximate surface area is 244 Å². The molecule has 5 rings (SSSR count). The Kier molecular flexibility index (Phi) is 7.93. The van der Waals surface area contributed by atoms with Gasteiger partial charge in [0.2, 0.25) is 0 Å². The largest absolute Gasteiger partial charge is 0.465 e. The van der Waals surface area contributed by atoms with Gasteiger partial charge in [0, 0.05) is 27.2 Å². The van der Waals surface area contributed by atoms with Crippen molar-refractivity contribution in [3.63, 3.8) is 0 Å². The van der Waals surface area contributed by atoms with E-state index in [1.807, 2.05) is 6.08 Å². The van der Waals surface area contributed by atoms with Crippen LogP contribution in [0.25, 0.3) is 0 Å². The summed E-state index contributed by atoms with van der Waals surface area (Å²) >= 11 is 0. The van der Waals surface area contributed by atoms with Gasteiger partial charge in [0.1, 0.15) is 30.0 Å². The number of carbonyl (C=O) groups excluding carboxylic acids is 3. The molecule has 1 spiro atoms. The van der Waals surface area contributed by atoms with E-state index in [1.54, 1.807) is 0 Å². The number of aliphatic hydroxyl groups is 1. The fraction of sp³-hybridized carbons (Fsp3) is 0.848. The van der Waals surface area contributed by atoms with Crippen molar-refractivity contribution in [2.45, 2.75) is 136 Å². The Morgan fingerprint density at radius 2 is 1.71 bits per heavy atom. The molecule has 1 N–H and O–H groups in total. The van der Waals surface area contributed by atoms with E-state index in [0.29, 0.717) is 30.6 Å². The summed E-state index contributed by atoms with van der Waals surface area (Å²) < 4.78 is 24.0. The van der Waals surface area contributed by atoms with Crippen LogP contribution in [0.3, 0.4) is 0 Å². The van der Waals surface area contributed by atoms with Crippen molar-refractivity contribution in [2.24, 2.45) is 34.5 Å². The molecule has 8 nitrogen and oxygen atoms in total. The summed E-state index contributed by atoms with van der Waals surface area (Å²) in [7, 11) is 0. The highest BCUT2D eigenvalue weighted by Crippen LogP contribution is 2.76. The lowest BCUT2D eigenvalue weighted by Gasteiger charge is -2.61. The Morgan fingerprint density at radius 3 is 2.34 bits per heavy atom. The molecule has 1 aliphatic heterocycles. The van der Waals surface area contributed by atoms with Crippen LogP contribution in [0.5, 0.6) is 0 Å². The molecule has 0 unspecified atom stereocenters. The molecular weight excluding hydrogens is 524 g/mol. The summed E-state index contributed by atoms with van der Waals surface area (Å²) in [5.74, 6) is 0.722. The third kappa shape index (κ3) is 4.75. The number of ether oxygens (including phenoxy) is 4. The van der Waals surface area contributed by atoms with Crippen molar-refractivity contribution in [3.05, 3.63) is 11.6 Å². The average molecular weight is 575 g/mol. The van der Waals surface area contributed by atoms with Gasteiger partial charge in [-0.1, -0.05) is 47.0 Å². The van der Waals surface area contributed by atoms with Gasteiger partial charge in [0.05, 0.1) is 11.5 Å². The van der Waals surface area contributed by atoms with Crippen LogP contribution in [0.15, 0.2) is 11.6 Å². The van der Waals surface area contributed by atoms with E-state index in [9.17, 15) is 19.5 Å². The first-order valence-corrected chi connectivity index (χ1v) is 15.8. The van der Waals surface area contributed by atoms with Crippen LogP contribution in [0.2, 0.25) is 0 Å². The fourth-order valence-corrected chi connectivity index (χ4v) is 9.92. The molecule has 1 saturated heterocycles. The summed E-state index contributed by atoms with van der Waals surface area (Å²) in [6, 6.07) is 0. The average Bonchev–Trinajstić information content (AvgIpc) is 3.46. The van der Waals surface area contributed by atoms with E-state index in [4.69, 9.17) is 18.9 Å². The number of epoxide rings is 1. The van der Waals surface area contributed by atoms with Crippen LogP contribution in [0, 0.1) is 34.5 Å². The number of hydrogen-bond donors (Lipinski definition) is 1. The van der Waals surface area contributed by atoms with Crippen molar-refractivity contribution < 1.29 is 38.4 Å². The number of esters is 3. The predicted octanol–water partition coefficient (Wildman–Crippen LogP) is 5.29. The molecule has 4 fully saturated rings.